The molecule has 0 radical (unpaired) electrons. The van der Waals surface area contributed by atoms with Crippen molar-refractivity contribution in [2.45, 2.75) is 63.2 Å². The molecule has 43 heavy (non-hydrogen) atoms. The monoisotopic (exact) mass is 607 g/mol. The molecule has 1 saturated carbocycles. The van der Waals surface area contributed by atoms with Gasteiger partial charge in [0, 0.05) is 28.3 Å². The number of methoxy groups -OCH3 is 2. The zero-order valence-corrected chi connectivity index (χ0v) is 25.7. The molecule has 5 rings (SSSR count). The van der Waals surface area contributed by atoms with Gasteiger partial charge in [-0.3, -0.25) is 0 Å². The molecule has 8 heteroatoms. The van der Waals surface area contributed by atoms with Gasteiger partial charge in [-0.15, -0.1) is 0 Å². The molecular formula is C35H39ClFNO5. The lowest BCUT2D eigenvalue weighted by Gasteiger charge is -2.46. The van der Waals surface area contributed by atoms with Gasteiger partial charge in [-0.2, -0.15) is 0 Å². The van der Waals surface area contributed by atoms with Crippen molar-refractivity contribution in [1.82, 2.24) is 0 Å². The lowest BCUT2D eigenvalue weighted by atomic mass is 9.61. The Kier molecular flexibility index (Phi) is 9.45. The third-order valence-electron chi connectivity index (χ3n) is 8.99. The lowest BCUT2D eigenvalue weighted by molar-refractivity contribution is -0.147. The molecule has 6 nitrogen and oxygen atoms in total. The van der Waals surface area contributed by atoms with Crippen LogP contribution in [0.4, 0.5) is 10.1 Å². The molecule has 2 aliphatic rings. The Labute approximate surface area is 257 Å². The van der Waals surface area contributed by atoms with Crippen LogP contribution in [0.2, 0.25) is 5.02 Å². The van der Waals surface area contributed by atoms with Gasteiger partial charge in [0.15, 0.2) is 0 Å². The summed E-state index contributed by atoms with van der Waals surface area (Å²) < 4.78 is 31.4. The van der Waals surface area contributed by atoms with E-state index in [4.69, 9.17) is 25.8 Å². The van der Waals surface area contributed by atoms with E-state index in [0.29, 0.717) is 43.9 Å². The molecule has 0 unspecified atom stereocenters. The Morgan fingerprint density at radius 2 is 1.81 bits per heavy atom. The van der Waals surface area contributed by atoms with E-state index in [1.807, 2.05) is 42.5 Å². The van der Waals surface area contributed by atoms with Gasteiger partial charge in [0.05, 0.1) is 27.4 Å². The summed E-state index contributed by atoms with van der Waals surface area (Å²) in [5, 5.41) is 13.9. The standard InChI is InChI=1S/C35H39ClFNO5/c1-23(21-43-22-24-7-9-30(41-2)10-8-24)15-27-16-25-18-32(37)26(20-39)17-31(25)34(27)11-13-35(14-12-34,33(40)42-3)38-29-6-4-5-28(36)19-29/h4-10,16-19,23,38-39H,11-15,20-22H2,1-3H3/t23-,34?,35?/m1/s1. The van der Waals surface area contributed by atoms with E-state index in [9.17, 15) is 14.3 Å². The Morgan fingerprint density at radius 3 is 2.47 bits per heavy atom. The predicted molar refractivity (Wildman–Crippen MR) is 167 cm³/mol. The van der Waals surface area contributed by atoms with Crippen LogP contribution in [0.5, 0.6) is 5.75 Å². The lowest BCUT2D eigenvalue weighted by Crippen LogP contribution is -2.52. The Morgan fingerprint density at radius 1 is 1.07 bits per heavy atom. The number of hydrogen-bond acceptors (Lipinski definition) is 6. The molecule has 1 fully saturated rings. The maximum absolute atomic E-state index is 14.8. The van der Waals surface area contributed by atoms with Crippen LogP contribution >= 0.6 is 11.6 Å². The minimum atomic E-state index is -0.925. The Hall–Kier alpha value is -3.39. The third-order valence-corrected chi connectivity index (χ3v) is 9.22. The summed E-state index contributed by atoms with van der Waals surface area (Å²) in [5.74, 6) is 0.283. The number of carbonyl (C=O) groups is 1. The minimum absolute atomic E-state index is 0.203. The van der Waals surface area contributed by atoms with Gasteiger partial charge in [0.2, 0.25) is 0 Å². The van der Waals surface area contributed by atoms with E-state index < -0.39 is 11.4 Å². The van der Waals surface area contributed by atoms with Crippen LogP contribution in [0.15, 0.2) is 66.2 Å². The number of aliphatic hydroxyl groups is 1. The summed E-state index contributed by atoms with van der Waals surface area (Å²) in [6.45, 7) is 2.85. The molecule has 0 aliphatic heterocycles. The van der Waals surface area contributed by atoms with Gasteiger partial charge in [-0.1, -0.05) is 48.4 Å². The van der Waals surface area contributed by atoms with Gasteiger partial charge >= 0.3 is 5.97 Å². The second-order valence-electron chi connectivity index (χ2n) is 11.8. The molecular weight excluding hydrogens is 569 g/mol. The summed E-state index contributed by atoms with van der Waals surface area (Å²) >= 11 is 6.24. The van der Waals surface area contributed by atoms with Crippen molar-refractivity contribution in [3.63, 3.8) is 0 Å². The maximum atomic E-state index is 14.8. The second-order valence-corrected chi connectivity index (χ2v) is 12.3. The van der Waals surface area contributed by atoms with E-state index in [1.54, 1.807) is 19.2 Å². The second kappa shape index (κ2) is 13.1. The molecule has 0 amide bonds. The number of halogens is 2. The molecule has 3 aromatic carbocycles. The molecule has 0 bridgehead atoms. The van der Waals surface area contributed by atoms with Gasteiger partial charge in [-0.25, -0.2) is 9.18 Å². The van der Waals surface area contributed by atoms with Crippen molar-refractivity contribution < 1.29 is 28.5 Å². The molecule has 3 aromatic rings. The molecule has 0 saturated heterocycles. The number of benzene rings is 3. The van der Waals surface area contributed by atoms with Crippen molar-refractivity contribution in [3.8, 4) is 5.75 Å². The van der Waals surface area contributed by atoms with E-state index in [0.717, 1.165) is 34.5 Å². The topological polar surface area (TPSA) is 77.0 Å². The fraction of sp³-hybridized carbons (Fsp3) is 0.400. The van der Waals surface area contributed by atoms with Gasteiger partial charge < -0.3 is 24.6 Å². The van der Waals surface area contributed by atoms with E-state index in [-0.39, 0.29) is 29.5 Å². The number of fused-ring (bicyclic) bond motifs is 2. The summed E-state index contributed by atoms with van der Waals surface area (Å²) in [6, 6.07) is 18.5. The van der Waals surface area contributed by atoms with Crippen molar-refractivity contribution in [2.75, 3.05) is 26.1 Å². The largest absolute Gasteiger partial charge is 0.497 e. The third kappa shape index (κ3) is 6.44. The van der Waals surface area contributed by atoms with E-state index in [1.165, 1.54) is 18.7 Å². The predicted octanol–water partition coefficient (Wildman–Crippen LogP) is 7.46. The molecule has 1 spiro atoms. The number of rotatable bonds is 11. The Bertz CT molecular complexity index is 1480. The van der Waals surface area contributed by atoms with Gasteiger partial charge in [0.1, 0.15) is 17.1 Å². The van der Waals surface area contributed by atoms with Crippen LogP contribution in [0.25, 0.3) is 6.08 Å². The van der Waals surface area contributed by atoms with E-state index >= 15 is 0 Å². The molecule has 0 aromatic heterocycles. The highest BCUT2D eigenvalue weighted by molar-refractivity contribution is 6.30. The van der Waals surface area contributed by atoms with Crippen molar-refractivity contribution in [2.24, 2.45) is 5.92 Å². The molecule has 228 valence electrons. The smallest absolute Gasteiger partial charge is 0.331 e. The fourth-order valence-electron chi connectivity index (χ4n) is 6.69. The maximum Gasteiger partial charge on any atom is 0.331 e. The zero-order valence-electron chi connectivity index (χ0n) is 24.9. The number of carbonyl (C=O) groups excluding carboxylic acids is 1. The average molecular weight is 608 g/mol. The fourth-order valence-corrected chi connectivity index (χ4v) is 6.88. The first kappa shape index (κ1) is 31.0. The summed E-state index contributed by atoms with van der Waals surface area (Å²) in [5.41, 5.74) is 3.86. The van der Waals surface area contributed by atoms with Crippen LogP contribution in [-0.4, -0.2) is 37.4 Å². The van der Waals surface area contributed by atoms with Crippen LogP contribution in [0.1, 0.15) is 61.3 Å². The van der Waals surface area contributed by atoms with Crippen molar-refractivity contribution in [3.05, 3.63) is 99.3 Å². The highest BCUT2D eigenvalue weighted by Gasteiger charge is 2.52. The van der Waals surface area contributed by atoms with E-state index in [2.05, 4.69) is 18.3 Å². The average Bonchev–Trinajstić information content (AvgIpc) is 3.28. The number of nitrogens with one attached hydrogen (secondary N) is 1. The number of allylic oxidation sites excluding steroid dienone is 1. The quantitative estimate of drug-likeness (QED) is 0.220. The van der Waals surface area contributed by atoms with Crippen molar-refractivity contribution >= 4 is 29.3 Å². The highest BCUT2D eigenvalue weighted by Crippen LogP contribution is 2.55. The van der Waals surface area contributed by atoms with Crippen LogP contribution in [0.3, 0.4) is 0 Å². The van der Waals surface area contributed by atoms with Crippen LogP contribution in [0, 0.1) is 11.7 Å². The summed E-state index contributed by atoms with van der Waals surface area (Å²) in [7, 11) is 3.06. The highest BCUT2D eigenvalue weighted by atomic mass is 35.5. The first-order valence-corrected chi connectivity index (χ1v) is 15.1. The number of esters is 1. The van der Waals surface area contributed by atoms with Crippen LogP contribution in [-0.2, 0) is 32.9 Å². The summed E-state index contributed by atoms with van der Waals surface area (Å²) in [4.78, 5) is 13.3. The zero-order chi connectivity index (χ0) is 30.6. The van der Waals surface area contributed by atoms with Crippen LogP contribution < -0.4 is 10.1 Å². The first-order chi connectivity index (χ1) is 20.7. The molecule has 2 N–H and O–H groups in total. The number of aliphatic hydroxyl groups excluding tert-OH is 1. The number of anilines is 1. The Balaban J connectivity index is 1.37. The number of hydrogen-bond donors (Lipinski definition) is 2. The summed E-state index contributed by atoms with van der Waals surface area (Å²) in [6.07, 6.45) is 5.21. The number of ether oxygens (including phenoxy) is 3. The van der Waals surface area contributed by atoms with Crippen molar-refractivity contribution in [1.29, 1.82) is 0 Å². The minimum Gasteiger partial charge on any atom is -0.497 e. The van der Waals surface area contributed by atoms with Gasteiger partial charge in [-0.05, 0) is 97.2 Å². The first-order valence-electron chi connectivity index (χ1n) is 14.7. The molecule has 0 heterocycles. The van der Waals surface area contributed by atoms with Gasteiger partial charge in [0.25, 0.3) is 0 Å². The normalized spacial score (nSPS) is 21.7. The molecule has 2 aliphatic carbocycles. The SMILES string of the molecule is COC(=O)C1(Nc2cccc(Cl)c2)CCC2(CC1)C(C[C@@H](C)COCc1ccc(OC)cc1)=Cc1cc(F)c(CO)cc12. The molecule has 1 atom stereocenters.